The third kappa shape index (κ3) is 4.36. The molecule has 238 valence electrons. The number of fused-ring (bicyclic) bond motifs is 5. The van der Waals surface area contributed by atoms with Gasteiger partial charge < -0.3 is 9.32 Å². The van der Waals surface area contributed by atoms with Crippen LogP contribution in [0.2, 0.25) is 0 Å². The zero-order valence-corrected chi connectivity index (χ0v) is 27.1. The SMILES string of the molecule is Cc1cc2oc3c(c(=O)c2cc1C)C1(C(=O)N(Cc2ccccc2F)c2ccccc21)N(c1nnc(SCc2ccccc2F)s1)C3=O. The van der Waals surface area contributed by atoms with Crippen LogP contribution in [0.3, 0.4) is 0 Å². The highest BCUT2D eigenvalue weighted by molar-refractivity contribution is 8.00. The number of benzene rings is 4. The lowest BCUT2D eigenvalue weighted by molar-refractivity contribution is -0.121. The quantitative estimate of drug-likeness (QED) is 0.135. The maximum atomic E-state index is 15.1. The molecule has 2 aliphatic heterocycles. The number of nitrogens with zero attached hydrogens (tertiary/aromatic N) is 4. The van der Waals surface area contributed by atoms with Crippen molar-refractivity contribution < 1.29 is 22.8 Å². The molecule has 2 aliphatic rings. The summed E-state index contributed by atoms with van der Waals surface area (Å²) in [5, 5.41) is 8.87. The van der Waals surface area contributed by atoms with Crippen LogP contribution in [0.4, 0.5) is 19.6 Å². The van der Waals surface area contributed by atoms with Gasteiger partial charge in [-0.3, -0.25) is 19.3 Å². The summed E-state index contributed by atoms with van der Waals surface area (Å²) in [7, 11) is 0. The summed E-state index contributed by atoms with van der Waals surface area (Å²) in [6.07, 6.45) is 0. The molecule has 0 N–H and O–H groups in total. The molecule has 0 saturated heterocycles. The minimum absolute atomic E-state index is 0.0501. The molecule has 1 unspecified atom stereocenters. The minimum Gasteiger partial charge on any atom is -0.450 e. The molecule has 8 nitrogen and oxygen atoms in total. The Hall–Kier alpha value is -5.20. The number of thioether (sulfide) groups is 1. The van der Waals surface area contributed by atoms with Gasteiger partial charge in [0.25, 0.3) is 11.8 Å². The topological polar surface area (TPSA) is 96.6 Å². The zero-order chi connectivity index (χ0) is 33.3. The van der Waals surface area contributed by atoms with Gasteiger partial charge in [0.15, 0.2) is 15.3 Å². The van der Waals surface area contributed by atoms with Crippen LogP contribution in [0, 0.1) is 25.5 Å². The van der Waals surface area contributed by atoms with Gasteiger partial charge in [0.1, 0.15) is 17.2 Å². The van der Waals surface area contributed by atoms with Crippen molar-refractivity contribution >= 4 is 56.7 Å². The van der Waals surface area contributed by atoms with Crippen LogP contribution >= 0.6 is 23.1 Å². The first-order chi connectivity index (χ1) is 23.2. The lowest BCUT2D eigenvalue weighted by Crippen LogP contribution is -2.53. The molecule has 0 radical (unpaired) electrons. The Morgan fingerprint density at radius 2 is 1.52 bits per heavy atom. The smallest absolute Gasteiger partial charge is 0.297 e. The molecule has 0 bridgehead atoms. The summed E-state index contributed by atoms with van der Waals surface area (Å²) in [5.41, 5.74) is 0.726. The van der Waals surface area contributed by atoms with E-state index in [9.17, 15) is 18.4 Å². The molecule has 4 heterocycles. The van der Waals surface area contributed by atoms with Crippen LogP contribution in [0.1, 0.15) is 43.9 Å². The van der Waals surface area contributed by atoms with Crippen LogP contribution in [0.25, 0.3) is 11.0 Å². The molecule has 2 aromatic heterocycles. The standard InChI is InChI=1S/C36H24F2N4O4S2/c1-19-15-23-28(16-20(19)2)46-31-29(30(23)43)36(24-11-5-8-14-27(24)41(33(36)45)17-21-9-3-6-12-25(21)37)42(32(31)44)34-39-40-35(48-34)47-18-22-10-4-7-13-26(22)38/h3-16H,17-18H2,1-2H3. The van der Waals surface area contributed by atoms with E-state index in [2.05, 4.69) is 10.2 Å². The number of para-hydroxylation sites is 1. The first-order valence-electron chi connectivity index (χ1n) is 15.0. The average Bonchev–Trinajstić information content (AvgIpc) is 3.72. The van der Waals surface area contributed by atoms with Crippen LogP contribution in [-0.4, -0.2) is 22.0 Å². The number of aromatic nitrogens is 2. The molecule has 2 amide bonds. The highest BCUT2D eigenvalue weighted by Crippen LogP contribution is 2.55. The second kappa shape index (κ2) is 11.2. The first-order valence-corrected chi connectivity index (χ1v) is 16.8. The van der Waals surface area contributed by atoms with Gasteiger partial charge in [-0.15, -0.1) is 10.2 Å². The van der Waals surface area contributed by atoms with Crippen molar-refractivity contribution in [3.63, 3.8) is 0 Å². The molecule has 1 atom stereocenters. The molecular weight excluding hydrogens is 655 g/mol. The van der Waals surface area contributed by atoms with E-state index in [0.717, 1.165) is 22.5 Å². The average molecular weight is 679 g/mol. The van der Waals surface area contributed by atoms with Gasteiger partial charge in [0.2, 0.25) is 10.9 Å². The number of aryl methyl sites for hydroxylation is 2. The largest absolute Gasteiger partial charge is 0.450 e. The van der Waals surface area contributed by atoms with Gasteiger partial charge in [0.05, 0.1) is 23.2 Å². The van der Waals surface area contributed by atoms with E-state index in [1.165, 1.54) is 33.7 Å². The van der Waals surface area contributed by atoms with Gasteiger partial charge in [-0.2, -0.15) is 0 Å². The van der Waals surface area contributed by atoms with Crippen molar-refractivity contribution in [1.29, 1.82) is 0 Å². The number of rotatable bonds is 6. The summed E-state index contributed by atoms with van der Waals surface area (Å²) in [4.78, 5) is 46.8. The molecule has 1 spiro atoms. The highest BCUT2D eigenvalue weighted by atomic mass is 32.2. The third-order valence-corrected chi connectivity index (χ3v) is 11.0. The number of anilines is 2. The molecular formula is C36H24F2N4O4S2. The summed E-state index contributed by atoms with van der Waals surface area (Å²) in [6.45, 7) is 3.58. The second-order valence-corrected chi connectivity index (χ2v) is 13.8. The lowest BCUT2D eigenvalue weighted by Gasteiger charge is -2.32. The van der Waals surface area contributed by atoms with Gasteiger partial charge in [-0.25, -0.2) is 8.78 Å². The predicted octanol–water partition coefficient (Wildman–Crippen LogP) is 7.28. The Morgan fingerprint density at radius 3 is 2.27 bits per heavy atom. The first kappa shape index (κ1) is 30.2. The second-order valence-electron chi connectivity index (χ2n) is 11.6. The van der Waals surface area contributed by atoms with Gasteiger partial charge >= 0.3 is 0 Å². The van der Waals surface area contributed by atoms with Crippen molar-refractivity contribution in [2.75, 3.05) is 9.80 Å². The highest BCUT2D eigenvalue weighted by Gasteiger charge is 2.66. The molecule has 4 aromatic carbocycles. The van der Waals surface area contributed by atoms with E-state index in [0.29, 0.717) is 21.2 Å². The van der Waals surface area contributed by atoms with E-state index in [-0.39, 0.29) is 51.1 Å². The van der Waals surface area contributed by atoms with Gasteiger partial charge in [-0.1, -0.05) is 77.7 Å². The van der Waals surface area contributed by atoms with E-state index in [1.54, 1.807) is 72.8 Å². The Morgan fingerprint density at radius 1 is 0.854 bits per heavy atom. The van der Waals surface area contributed by atoms with Crippen LogP contribution < -0.4 is 15.2 Å². The van der Waals surface area contributed by atoms with Crippen molar-refractivity contribution in [3.8, 4) is 0 Å². The monoisotopic (exact) mass is 678 g/mol. The van der Waals surface area contributed by atoms with Crippen LogP contribution in [-0.2, 0) is 22.6 Å². The molecule has 8 rings (SSSR count). The van der Waals surface area contributed by atoms with Crippen molar-refractivity contribution in [2.45, 2.75) is 36.0 Å². The number of hydrogen-bond donors (Lipinski definition) is 0. The molecule has 0 aliphatic carbocycles. The number of carbonyl (C=O) groups is 2. The lowest BCUT2D eigenvalue weighted by atomic mass is 9.84. The van der Waals surface area contributed by atoms with Crippen molar-refractivity contribution in [1.82, 2.24) is 10.2 Å². The van der Waals surface area contributed by atoms with E-state index < -0.39 is 28.6 Å². The molecule has 0 saturated carbocycles. The summed E-state index contributed by atoms with van der Waals surface area (Å²) in [6, 6.07) is 22.8. The fourth-order valence-electron chi connectivity index (χ4n) is 6.48. The Labute approximate surface area is 280 Å². The fourth-order valence-corrected chi connectivity index (χ4v) is 8.36. The van der Waals surface area contributed by atoms with Gasteiger partial charge in [-0.05, 0) is 60.9 Å². The Kier molecular flexibility index (Phi) is 7.04. The Balaban J connectivity index is 1.34. The maximum absolute atomic E-state index is 15.1. The fraction of sp³-hybridized carbons (Fsp3) is 0.139. The van der Waals surface area contributed by atoms with Crippen molar-refractivity contribution in [2.24, 2.45) is 0 Å². The van der Waals surface area contributed by atoms with E-state index in [1.807, 2.05) is 13.8 Å². The summed E-state index contributed by atoms with van der Waals surface area (Å²) < 4.78 is 36.0. The van der Waals surface area contributed by atoms with E-state index >= 15 is 4.79 Å². The number of hydrogen-bond acceptors (Lipinski definition) is 8. The van der Waals surface area contributed by atoms with Crippen LogP contribution in [0.5, 0.6) is 0 Å². The number of carbonyl (C=O) groups excluding carboxylic acids is 2. The van der Waals surface area contributed by atoms with Gasteiger partial charge in [0, 0.05) is 16.9 Å². The number of amides is 2. The van der Waals surface area contributed by atoms with E-state index in [4.69, 9.17) is 4.42 Å². The molecule has 48 heavy (non-hydrogen) atoms. The maximum Gasteiger partial charge on any atom is 0.297 e. The molecule has 6 aromatic rings. The molecule has 0 fully saturated rings. The normalized spacial score (nSPS) is 16.8. The van der Waals surface area contributed by atoms with Crippen molar-refractivity contribution in [3.05, 3.63) is 146 Å². The summed E-state index contributed by atoms with van der Waals surface area (Å²) in [5.74, 6) is -2.25. The number of halogens is 2. The zero-order valence-electron chi connectivity index (χ0n) is 25.5. The summed E-state index contributed by atoms with van der Waals surface area (Å²) >= 11 is 2.27. The Bertz CT molecular complexity index is 2390. The van der Waals surface area contributed by atoms with Crippen LogP contribution in [0.15, 0.2) is 98.5 Å². The predicted molar refractivity (Wildman–Crippen MR) is 179 cm³/mol. The molecule has 12 heteroatoms. The third-order valence-electron chi connectivity index (χ3n) is 8.92. The minimum atomic E-state index is -2.02.